The molecular weight excluding hydrogens is 190 g/mol. The van der Waals surface area contributed by atoms with Crippen LogP contribution < -0.4 is 5.32 Å². The molecule has 1 fully saturated rings. The van der Waals surface area contributed by atoms with Crippen LogP contribution >= 0.6 is 0 Å². The average molecular weight is 215 g/mol. The van der Waals surface area contributed by atoms with Gasteiger partial charge in [0.05, 0.1) is 13.2 Å². The predicted molar refractivity (Wildman–Crippen MR) is 62.1 cm³/mol. The molecule has 0 aromatic heterocycles. The first-order valence-corrected chi connectivity index (χ1v) is 6.10. The number of hydrogen-bond donors (Lipinski definition) is 1. The molecule has 3 nitrogen and oxygen atoms in total. The highest BCUT2D eigenvalue weighted by Crippen LogP contribution is 2.34. The van der Waals surface area contributed by atoms with E-state index in [0.29, 0.717) is 12.6 Å². The zero-order chi connectivity index (χ0) is 10.9. The molecule has 1 saturated carbocycles. The van der Waals surface area contributed by atoms with E-state index in [2.05, 4.69) is 5.32 Å². The van der Waals surface area contributed by atoms with Gasteiger partial charge in [0, 0.05) is 19.8 Å². The summed E-state index contributed by atoms with van der Waals surface area (Å²) >= 11 is 0. The summed E-state index contributed by atoms with van der Waals surface area (Å²) in [5.74, 6) is 1.04. The lowest BCUT2D eigenvalue weighted by Crippen LogP contribution is -2.27. The summed E-state index contributed by atoms with van der Waals surface area (Å²) in [6.45, 7) is 2.27. The summed E-state index contributed by atoms with van der Waals surface area (Å²) < 4.78 is 10.4. The number of methoxy groups -OCH3 is 1. The van der Waals surface area contributed by atoms with Crippen LogP contribution in [0.25, 0.3) is 0 Å². The Hall–Kier alpha value is -0.120. The molecule has 1 rings (SSSR count). The van der Waals surface area contributed by atoms with Gasteiger partial charge in [-0.05, 0) is 32.2 Å². The fourth-order valence-corrected chi connectivity index (χ4v) is 1.75. The van der Waals surface area contributed by atoms with E-state index in [9.17, 15) is 0 Å². The van der Waals surface area contributed by atoms with Gasteiger partial charge in [-0.1, -0.05) is 12.8 Å². The van der Waals surface area contributed by atoms with Gasteiger partial charge in [-0.25, -0.2) is 0 Å². The SMILES string of the molecule is CNC(CCOCCOC)CCC1CC1. The van der Waals surface area contributed by atoms with Gasteiger partial charge in [0.1, 0.15) is 0 Å². The molecule has 0 saturated heterocycles. The Kier molecular flexibility index (Phi) is 6.98. The van der Waals surface area contributed by atoms with E-state index in [4.69, 9.17) is 9.47 Å². The smallest absolute Gasteiger partial charge is 0.0700 e. The van der Waals surface area contributed by atoms with E-state index in [-0.39, 0.29) is 0 Å². The van der Waals surface area contributed by atoms with Gasteiger partial charge in [-0.2, -0.15) is 0 Å². The van der Waals surface area contributed by atoms with Gasteiger partial charge in [-0.15, -0.1) is 0 Å². The standard InChI is InChI=1S/C12H25NO2/c1-13-12(6-5-11-3-4-11)7-8-15-10-9-14-2/h11-13H,3-10H2,1-2H3. The highest BCUT2D eigenvalue weighted by atomic mass is 16.5. The molecule has 0 aromatic carbocycles. The molecule has 0 heterocycles. The molecule has 90 valence electrons. The fraction of sp³-hybridized carbons (Fsp3) is 1.00. The van der Waals surface area contributed by atoms with E-state index in [1.807, 2.05) is 7.05 Å². The van der Waals surface area contributed by atoms with Crippen LogP contribution in [0.5, 0.6) is 0 Å². The van der Waals surface area contributed by atoms with Crippen molar-refractivity contribution in [1.82, 2.24) is 5.32 Å². The quantitative estimate of drug-likeness (QED) is 0.564. The minimum atomic E-state index is 0.633. The maximum atomic E-state index is 5.46. The second-order valence-corrected chi connectivity index (χ2v) is 4.40. The minimum absolute atomic E-state index is 0.633. The Morgan fingerprint density at radius 3 is 2.60 bits per heavy atom. The maximum absolute atomic E-state index is 5.46. The zero-order valence-electron chi connectivity index (χ0n) is 10.1. The first-order valence-electron chi connectivity index (χ1n) is 6.10. The number of rotatable bonds is 10. The average Bonchev–Trinajstić information content (AvgIpc) is 3.06. The van der Waals surface area contributed by atoms with Crippen LogP contribution in [0.15, 0.2) is 0 Å². The van der Waals surface area contributed by atoms with Crippen molar-refractivity contribution in [2.45, 2.75) is 38.1 Å². The zero-order valence-corrected chi connectivity index (χ0v) is 10.1. The van der Waals surface area contributed by atoms with Crippen LogP contribution in [0.1, 0.15) is 32.1 Å². The summed E-state index contributed by atoms with van der Waals surface area (Å²) in [5.41, 5.74) is 0. The molecule has 1 atom stereocenters. The monoisotopic (exact) mass is 215 g/mol. The van der Waals surface area contributed by atoms with E-state index in [0.717, 1.165) is 25.6 Å². The minimum Gasteiger partial charge on any atom is -0.382 e. The van der Waals surface area contributed by atoms with Crippen LogP contribution in [0.3, 0.4) is 0 Å². The van der Waals surface area contributed by atoms with Crippen molar-refractivity contribution in [3.8, 4) is 0 Å². The van der Waals surface area contributed by atoms with Gasteiger partial charge in [0.15, 0.2) is 0 Å². The summed E-state index contributed by atoms with van der Waals surface area (Å²) in [4.78, 5) is 0. The summed E-state index contributed by atoms with van der Waals surface area (Å²) in [6, 6.07) is 0.633. The lowest BCUT2D eigenvalue weighted by atomic mass is 10.1. The third-order valence-electron chi connectivity index (χ3n) is 3.07. The second kappa shape index (κ2) is 8.08. The Bertz CT molecular complexity index is 149. The topological polar surface area (TPSA) is 30.5 Å². The predicted octanol–water partition coefficient (Wildman–Crippen LogP) is 1.82. The Morgan fingerprint density at radius 2 is 2.00 bits per heavy atom. The second-order valence-electron chi connectivity index (χ2n) is 4.40. The summed E-state index contributed by atoms with van der Waals surface area (Å²) in [7, 11) is 3.75. The van der Waals surface area contributed by atoms with Crippen LogP contribution in [-0.2, 0) is 9.47 Å². The van der Waals surface area contributed by atoms with Gasteiger partial charge < -0.3 is 14.8 Å². The van der Waals surface area contributed by atoms with Gasteiger partial charge >= 0.3 is 0 Å². The van der Waals surface area contributed by atoms with Crippen molar-refractivity contribution in [2.24, 2.45) is 5.92 Å². The van der Waals surface area contributed by atoms with Crippen molar-refractivity contribution in [3.05, 3.63) is 0 Å². The van der Waals surface area contributed by atoms with Crippen molar-refractivity contribution in [1.29, 1.82) is 0 Å². The van der Waals surface area contributed by atoms with Gasteiger partial charge in [-0.3, -0.25) is 0 Å². The Morgan fingerprint density at radius 1 is 1.20 bits per heavy atom. The highest BCUT2D eigenvalue weighted by Gasteiger charge is 2.21. The van der Waals surface area contributed by atoms with Gasteiger partial charge in [0.2, 0.25) is 0 Å². The van der Waals surface area contributed by atoms with Crippen LogP contribution in [-0.4, -0.2) is 40.0 Å². The first-order chi connectivity index (χ1) is 7.36. The molecule has 3 heteroatoms. The summed E-state index contributed by atoms with van der Waals surface area (Å²) in [5, 5.41) is 3.36. The molecule has 1 aliphatic carbocycles. The molecule has 15 heavy (non-hydrogen) atoms. The summed E-state index contributed by atoms with van der Waals surface area (Å²) in [6.07, 6.45) is 6.73. The van der Waals surface area contributed by atoms with Crippen molar-refractivity contribution in [3.63, 3.8) is 0 Å². The Balaban J connectivity index is 1.90. The largest absolute Gasteiger partial charge is 0.382 e. The molecule has 1 aliphatic rings. The molecule has 0 radical (unpaired) electrons. The molecule has 0 spiro atoms. The molecule has 0 aliphatic heterocycles. The van der Waals surface area contributed by atoms with E-state index in [1.165, 1.54) is 25.7 Å². The Labute approximate surface area is 93.5 Å². The lowest BCUT2D eigenvalue weighted by Gasteiger charge is -2.15. The first kappa shape index (κ1) is 12.9. The molecule has 0 amide bonds. The third-order valence-corrected chi connectivity index (χ3v) is 3.07. The number of ether oxygens (including phenoxy) is 2. The fourth-order valence-electron chi connectivity index (χ4n) is 1.75. The van der Waals surface area contributed by atoms with Crippen LogP contribution in [0.2, 0.25) is 0 Å². The third kappa shape index (κ3) is 6.88. The highest BCUT2D eigenvalue weighted by molar-refractivity contribution is 4.76. The van der Waals surface area contributed by atoms with E-state index >= 15 is 0 Å². The lowest BCUT2D eigenvalue weighted by molar-refractivity contribution is 0.0656. The number of hydrogen-bond acceptors (Lipinski definition) is 3. The molecular formula is C12H25NO2. The van der Waals surface area contributed by atoms with Crippen molar-refractivity contribution < 1.29 is 9.47 Å². The maximum Gasteiger partial charge on any atom is 0.0700 e. The van der Waals surface area contributed by atoms with Gasteiger partial charge in [0.25, 0.3) is 0 Å². The van der Waals surface area contributed by atoms with E-state index < -0.39 is 0 Å². The normalized spacial score (nSPS) is 18.0. The van der Waals surface area contributed by atoms with Crippen LogP contribution in [0.4, 0.5) is 0 Å². The molecule has 0 aromatic rings. The molecule has 0 bridgehead atoms. The van der Waals surface area contributed by atoms with Crippen LogP contribution in [0, 0.1) is 5.92 Å². The van der Waals surface area contributed by atoms with Crippen molar-refractivity contribution in [2.75, 3.05) is 34.0 Å². The number of nitrogens with one attached hydrogen (secondary N) is 1. The molecule has 1 unspecified atom stereocenters. The van der Waals surface area contributed by atoms with E-state index in [1.54, 1.807) is 7.11 Å². The molecule has 1 N–H and O–H groups in total. The van der Waals surface area contributed by atoms with Crippen molar-refractivity contribution >= 4 is 0 Å².